The van der Waals surface area contributed by atoms with Crippen LogP contribution in [0.15, 0.2) is 24.4 Å². The Balaban J connectivity index is 1.69. The van der Waals surface area contributed by atoms with Crippen LogP contribution >= 0.6 is 0 Å². The summed E-state index contributed by atoms with van der Waals surface area (Å²) in [5.41, 5.74) is 17.4. The summed E-state index contributed by atoms with van der Waals surface area (Å²) in [5, 5.41) is 7.52. The second kappa shape index (κ2) is 5.70. The van der Waals surface area contributed by atoms with Gasteiger partial charge in [-0.05, 0) is 43.4 Å². The second-order valence-corrected chi connectivity index (χ2v) is 7.23. The van der Waals surface area contributed by atoms with Crippen LogP contribution in [0.4, 0.5) is 11.5 Å². The molecule has 130 valence electrons. The highest BCUT2D eigenvalue weighted by molar-refractivity contribution is 5.88. The van der Waals surface area contributed by atoms with Crippen molar-refractivity contribution in [2.24, 2.45) is 5.73 Å². The van der Waals surface area contributed by atoms with Crippen LogP contribution in [0.25, 0.3) is 22.4 Å². The molecule has 0 unspecified atom stereocenters. The molecule has 0 spiro atoms. The number of nitrogen functional groups attached to an aromatic ring is 1. The van der Waals surface area contributed by atoms with Crippen LogP contribution in [0.3, 0.4) is 0 Å². The molecule has 0 atom stereocenters. The molecule has 1 aliphatic heterocycles. The van der Waals surface area contributed by atoms with Gasteiger partial charge in [0, 0.05) is 16.8 Å². The molecule has 1 aliphatic rings. The van der Waals surface area contributed by atoms with E-state index in [4.69, 9.17) is 11.5 Å². The molecule has 0 radical (unpaired) electrons. The number of aromatic amines is 2. The van der Waals surface area contributed by atoms with E-state index >= 15 is 0 Å². The first-order valence-electron chi connectivity index (χ1n) is 8.60. The van der Waals surface area contributed by atoms with Gasteiger partial charge in [-0.2, -0.15) is 0 Å². The van der Waals surface area contributed by atoms with E-state index in [9.17, 15) is 0 Å². The Morgan fingerprint density at radius 1 is 1.28 bits per heavy atom. The summed E-state index contributed by atoms with van der Waals surface area (Å²) in [6.45, 7) is 5.96. The zero-order valence-corrected chi connectivity index (χ0v) is 14.6. The van der Waals surface area contributed by atoms with Crippen LogP contribution in [-0.2, 0) is 0 Å². The van der Waals surface area contributed by atoms with E-state index < -0.39 is 0 Å². The van der Waals surface area contributed by atoms with Gasteiger partial charge in [0.25, 0.3) is 0 Å². The van der Waals surface area contributed by atoms with E-state index in [2.05, 4.69) is 32.0 Å². The molecule has 1 fully saturated rings. The summed E-state index contributed by atoms with van der Waals surface area (Å²) in [7, 11) is 0. The number of anilines is 2. The third-order valence-electron chi connectivity index (χ3n) is 5.19. The highest BCUT2D eigenvalue weighted by Crippen LogP contribution is 2.29. The van der Waals surface area contributed by atoms with E-state index in [1.807, 2.05) is 31.3 Å². The van der Waals surface area contributed by atoms with Gasteiger partial charge >= 0.3 is 5.65 Å². The number of hydrogen-bond donors (Lipinski definition) is 3. The van der Waals surface area contributed by atoms with E-state index in [0.29, 0.717) is 0 Å². The van der Waals surface area contributed by atoms with E-state index in [0.717, 1.165) is 65.4 Å². The number of H-pyrrole nitrogens is 2. The van der Waals surface area contributed by atoms with Crippen LogP contribution in [0.2, 0.25) is 0 Å². The predicted octanol–water partition coefficient (Wildman–Crippen LogP) is 1.65. The summed E-state index contributed by atoms with van der Waals surface area (Å²) < 4.78 is 0. The molecule has 0 saturated carbocycles. The number of nitrogens with two attached hydrogens (primary N) is 2. The minimum absolute atomic E-state index is 0.0711. The molecule has 6 N–H and O–H groups in total. The Kier molecular flexibility index (Phi) is 3.61. The second-order valence-electron chi connectivity index (χ2n) is 7.23. The molecule has 3 heterocycles. The van der Waals surface area contributed by atoms with Gasteiger partial charge in [-0.1, -0.05) is 12.1 Å². The largest absolute Gasteiger partial charge is 0.398 e. The fraction of sp³-hybridized carbons (Fsp3) is 0.389. The highest BCUT2D eigenvalue weighted by Gasteiger charge is 2.30. The maximum Gasteiger partial charge on any atom is 0.312 e. The van der Waals surface area contributed by atoms with Gasteiger partial charge in [-0.25, -0.2) is 15.1 Å². The summed E-state index contributed by atoms with van der Waals surface area (Å²) >= 11 is 0. The van der Waals surface area contributed by atoms with Crippen molar-refractivity contribution in [2.45, 2.75) is 32.2 Å². The number of nitrogens with zero attached hydrogens (tertiary/aromatic N) is 3. The van der Waals surface area contributed by atoms with Gasteiger partial charge in [-0.3, -0.25) is 4.90 Å². The molecular weight excluding hydrogens is 314 g/mol. The number of rotatable bonds is 2. The van der Waals surface area contributed by atoms with Crippen molar-refractivity contribution in [2.75, 3.05) is 23.7 Å². The van der Waals surface area contributed by atoms with E-state index in [1.165, 1.54) is 0 Å². The van der Waals surface area contributed by atoms with Gasteiger partial charge < -0.3 is 11.5 Å². The zero-order chi connectivity index (χ0) is 17.6. The topological polar surface area (TPSA) is 111 Å². The fourth-order valence-electron chi connectivity index (χ4n) is 3.36. The summed E-state index contributed by atoms with van der Waals surface area (Å²) in [6.07, 6.45) is 3.81. The molecule has 1 saturated heterocycles. The van der Waals surface area contributed by atoms with Crippen LogP contribution in [0, 0.1) is 6.92 Å². The van der Waals surface area contributed by atoms with Crippen molar-refractivity contribution in [1.29, 1.82) is 0 Å². The zero-order valence-electron chi connectivity index (χ0n) is 14.6. The Bertz CT molecular complexity index is 918. The quantitative estimate of drug-likeness (QED) is 0.615. The van der Waals surface area contributed by atoms with Crippen molar-refractivity contribution >= 4 is 22.7 Å². The molecule has 4 rings (SSSR count). The number of benzene rings is 1. The predicted molar refractivity (Wildman–Crippen MR) is 99.1 cm³/mol. The van der Waals surface area contributed by atoms with Crippen molar-refractivity contribution in [3.8, 4) is 11.3 Å². The smallest absolute Gasteiger partial charge is 0.312 e. The summed E-state index contributed by atoms with van der Waals surface area (Å²) in [6, 6.07) is 5.87. The van der Waals surface area contributed by atoms with E-state index in [-0.39, 0.29) is 5.54 Å². The number of nitrogens with one attached hydrogen (secondary N) is 2. The minimum atomic E-state index is -0.0711. The molecule has 7 heteroatoms. The first-order chi connectivity index (χ1) is 11.9. The van der Waals surface area contributed by atoms with Gasteiger partial charge in [0.15, 0.2) is 5.52 Å². The molecule has 0 bridgehead atoms. The van der Waals surface area contributed by atoms with Gasteiger partial charge in [0.1, 0.15) is 11.9 Å². The van der Waals surface area contributed by atoms with Crippen molar-refractivity contribution in [3.63, 3.8) is 0 Å². The summed E-state index contributed by atoms with van der Waals surface area (Å²) in [4.78, 5) is 10.3. The van der Waals surface area contributed by atoms with Crippen LogP contribution < -0.4 is 21.4 Å². The number of hydrogen-bond acceptors (Lipinski definition) is 5. The molecule has 2 aromatic heterocycles. The lowest BCUT2D eigenvalue weighted by molar-refractivity contribution is -0.334. The monoisotopic (exact) mass is 338 g/mol. The Morgan fingerprint density at radius 2 is 2.04 bits per heavy atom. The van der Waals surface area contributed by atoms with Crippen molar-refractivity contribution < 1.29 is 4.98 Å². The number of aromatic nitrogens is 4. The standard InChI is InChI=1S/C18H23N7/c1-11-12(4-3-5-13(11)19)15-16-17(24-23-15)22-14(10-21-16)25-8-6-18(2,20)7-9-25/h3-5,10H,6-9,19-20H2,1-2H3,(H,22,23,24)/p+1. The molecule has 3 aromatic rings. The molecule has 25 heavy (non-hydrogen) atoms. The third kappa shape index (κ3) is 2.80. The first kappa shape index (κ1) is 15.8. The lowest BCUT2D eigenvalue weighted by Gasteiger charge is -2.34. The Labute approximate surface area is 146 Å². The van der Waals surface area contributed by atoms with Crippen molar-refractivity contribution in [1.82, 2.24) is 15.2 Å². The maximum absolute atomic E-state index is 6.22. The van der Waals surface area contributed by atoms with Crippen LogP contribution in [0.1, 0.15) is 25.3 Å². The number of fused-ring (bicyclic) bond motifs is 1. The minimum Gasteiger partial charge on any atom is -0.398 e. The van der Waals surface area contributed by atoms with Crippen LogP contribution in [0.5, 0.6) is 0 Å². The van der Waals surface area contributed by atoms with Gasteiger partial charge in [-0.15, -0.1) is 0 Å². The average molecular weight is 338 g/mol. The van der Waals surface area contributed by atoms with Gasteiger partial charge in [0.2, 0.25) is 5.82 Å². The Morgan fingerprint density at radius 3 is 2.80 bits per heavy atom. The SMILES string of the molecule is Cc1c(N)cccc1-c1[nH]nc2[nH+]c(N3CCC(C)(N)CC3)cnc12. The normalized spacial score (nSPS) is 17.2. The van der Waals surface area contributed by atoms with Crippen molar-refractivity contribution in [3.05, 3.63) is 30.0 Å². The molecular formula is C18H24N7+. The highest BCUT2D eigenvalue weighted by atomic mass is 15.2. The fourth-order valence-corrected chi connectivity index (χ4v) is 3.36. The van der Waals surface area contributed by atoms with Crippen LogP contribution in [-0.4, -0.2) is 33.8 Å². The van der Waals surface area contributed by atoms with E-state index in [1.54, 1.807) is 0 Å². The lowest BCUT2D eigenvalue weighted by Crippen LogP contribution is -2.49. The van der Waals surface area contributed by atoms with Gasteiger partial charge in [0.05, 0.1) is 13.1 Å². The third-order valence-corrected chi connectivity index (χ3v) is 5.19. The molecule has 0 aliphatic carbocycles. The number of piperidine rings is 1. The Hall–Kier alpha value is -2.67. The summed E-state index contributed by atoms with van der Waals surface area (Å²) in [5.74, 6) is 0.977. The molecule has 0 amide bonds. The average Bonchev–Trinajstić information content (AvgIpc) is 3.00. The molecule has 1 aromatic carbocycles. The molecule has 7 nitrogen and oxygen atoms in total. The first-order valence-corrected chi connectivity index (χ1v) is 8.60. The lowest BCUT2D eigenvalue weighted by atomic mass is 9.91. The maximum atomic E-state index is 6.22.